The summed E-state index contributed by atoms with van der Waals surface area (Å²) in [5.74, 6) is -2.30. The number of halogens is 2. The molecule has 2 rings (SSSR count). The van der Waals surface area contributed by atoms with Crippen LogP contribution in [0.2, 0.25) is 0 Å². The van der Waals surface area contributed by atoms with E-state index in [9.17, 15) is 8.78 Å². The first-order valence-electron chi connectivity index (χ1n) is 4.89. The molecule has 0 saturated carbocycles. The van der Waals surface area contributed by atoms with Crippen molar-refractivity contribution in [2.45, 2.75) is 25.3 Å². The molecular weight excluding hydrogens is 216 g/mol. The predicted molar refractivity (Wildman–Crippen MR) is 54.7 cm³/mol. The van der Waals surface area contributed by atoms with E-state index in [1.165, 1.54) is 32.0 Å². The molecule has 0 spiro atoms. The van der Waals surface area contributed by atoms with E-state index < -0.39 is 11.5 Å². The Morgan fingerprint density at radius 3 is 2.44 bits per heavy atom. The maximum absolute atomic E-state index is 13.9. The smallest absolute Gasteiger partial charge is 0.290 e. The van der Waals surface area contributed by atoms with Crippen molar-refractivity contribution < 1.29 is 18.3 Å². The van der Waals surface area contributed by atoms with Crippen LogP contribution >= 0.6 is 0 Å². The molecule has 0 amide bonds. The Balaban J connectivity index is 2.42. The summed E-state index contributed by atoms with van der Waals surface area (Å²) in [6.45, 7) is 2.64. The zero-order valence-corrected chi connectivity index (χ0v) is 9.09. The van der Waals surface area contributed by atoms with E-state index in [1.807, 2.05) is 0 Å². The quantitative estimate of drug-likeness (QED) is 0.845. The van der Waals surface area contributed by atoms with Gasteiger partial charge in [0.1, 0.15) is 0 Å². The Morgan fingerprint density at radius 1 is 1.19 bits per heavy atom. The lowest BCUT2D eigenvalue weighted by Crippen LogP contribution is -2.48. The van der Waals surface area contributed by atoms with Gasteiger partial charge in [0.05, 0.1) is 5.54 Å². The molecule has 1 heterocycles. The van der Waals surface area contributed by atoms with E-state index in [4.69, 9.17) is 15.2 Å². The van der Waals surface area contributed by atoms with Crippen LogP contribution in [0.25, 0.3) is 0 Å². The lowest BCUT2D eigenvalue weighted by Gasteiger charge is -2.30. The Kier molecular flexibility index (Phi) is 2.31. The first kappa shape index (κ1) is 11.1. The van der Waals surface area contributed by atoms with Crippen LogP contribution < -0.4 is 15.2 Å². The molecule has 3 nitrogen and oxygen atoms in total. The van der Waals surface area contributed by atoms with Crippen LogP contribution in [0.4, 0.5) is 8.78 Å². The van der Waals surface area contributed by atoms with E-state index >= 15 is 0 Å². The van der Waals surface area contributed by atoms with Gasteiger partial charge in [0, 0.05) is 5.56 Å². The number of hydrogen-bond acceptors (Lipinski definition) is 3. The van der Waals surface area contributed by atoms with Crippen molar-refractivity contribution in [1.82, 2.24) is 0 Å². The maximum atomic E-state index is 13.9. The molecule has 0 unspecified atom stereocenters. The van der Waals surface area contributed by atoms with Crippen molar-refractivity contribution in [2.24, 2.45) is 5.73 Å². The van der Waals surface area contributed by atoms with Crippen LogP contribution in [0.3, 0.4) is 0 Å². The van der Waals surface area contributed by atoms with Crippen molar-refractivity contribution in [3.05, 3.63) is 23.8 Å². The number of ether oxygens (including phenoxy) is 2. The Bertz CT molecular complexity index is 413. The van der Waals surface area contributed by atoms with Gasteiger partial charge in [0.2, 0.25) is 6.79 Å². The molecule has 0 radical (unpaired) electrons. The van der Waals surface area contributed by atoms with Gasteiger partial charge in [-0.2, -0.15) is 8.78 Å². The monoisotopic (exact) mass is 229 g/mol. The van der Waals surface area contributed by atoms with Crippen LogP contribution in [-0.4, -0.2) is 12.3 Å². The normalized spacial score (nSPS) is 15.3. The van der Waals surface area contributed by atoms with E-state index in [2.05, 4.69) is 0 Å². The summed E-state index contributed by atoms with van der Waals surface area (Å²) >= 11 is 0. The maximum Gasteiger partial charge on any atom is 0.290 e. The van der Waals surface area contributed by atoms with Crippen LogP contribution in [0, 0.1) is 0 Å². The van der Waals surface area contributed by atoms with Crippen molar-refractivity contribution in [3.8, 4) is 11.5 Å². The topological polar surface area (TPSA) is 44.5 Å². The third kappa shape index (κ3) is 1.61. The molecule has 1 aromatic carbocycles. The molecule has 5 heteroatoms. The van der Waals surface area contributed by atoms with Gasteiger partial charge in [-0.1, -0.05) is 0 Å². The highest BCUT2D eigenvalue weighted by molar-refractivity contribution is 5.46. The van der Waals surface area contributed by atoms with E-state index in [0.29, 0.717) is 11.5 Å². The molecule has 88 valence electrons. The van der Waals surface area contributed by atoms with E-state index in [-0.39, 0.29) is 12.4 Å². The van der Waals surface area contributed by atoms with Gasteiger partial charge in [-0.25, -0.2) is 0 Å². The van der Waals surface area contributed by atoms with Crippen molar-refractivity contribution >= 4 is 0 Å². The second-order valence-electron chi connectivity index (χ2n) is 4.36. The number of alkyl halides is 2. The molecule has 0 bridgehead atoms. The number of rotatable bonds is 2. The average Bonchev–Trinajstić information content (AvgIpc) is 2.61. The second-order valence-corrected chi connectivity index (χ2v) is 4.36. The fourth-order valence-electron chi connectivity index (χ4n) is 1.46. The highest BCUT2D eigenvalue weighted by atomic mass is 19.3. The van der Waals surface area contributed by atoms with Crippen molar-refractivity contribution in [1.29, 1.82) is 0 Å². The fourth-order valence-corrected chi connectivity index (χ4v) is 1.46. The summed E-state index contributed by atoms with van der Waals surface area (Å²) in [6, 6.07) is 4.05. The fraction of sp³-hybridized carbons (Fsp3) is 0.455. The molecule has 1 aliphatic rings. The van der Waals surface area contributed by atoms with Crippen molar-refractivity contribution in [3.63, 3.8) is 0 Å². The molecule has 0 fully saturated rings. The van der Waals surface area contributed by atoms with Gasteiger partial charge in [0.25, 0.3) is 5.92 Å². The minimum absolute atomic E-state index is 0.0658. The van der Waals surface area contributed by atoms with Gasteiger partial charge >= 0.3 is 0 Å². The molecular formula is C11H13F2NO2. The minimum atomic E-state index is -3.12. The predicted octanol–water partition coefficient (Wildman–Crippen LogP) is 2.24. The summed E-state index contributed by atoms with van der Waals surface area (Å²) < 4.78 is 37.9. The molecule has 0 saturated heterocycles. The second kappa shape index (κ2) is 3.31. The molecule has 0 aliphatic carbocycles. The zero-order valence-electron chi connectivity index (χ0n) is 9.09. The van der Waals surface area contributed by atoms with Gasteiger partial charge in [-0.05, 0) is 32.0 Å². The molecule has 2 N–H and O–H groups in total. The van der Waals surface area contributed by atoms with Crippen molar-refractivity contribution in [2.75, 3.05) is 6.79 Å². The number of hydrogen-bond donors (Lipinski definition) is 1. The lowest BCUT2D eigenvalue weighted by atomic mass is 9.91. The molecule has 0 atom stereocenters. The van der Waals surface area contributed by atoms with Gasteiger partial charge in [-0.15, -0.1) is 0 Å². The number of fused-ring (bicyclic) bond motifs is 1. The summed E-state index contributed by atoms with van der Waals surface area (Å²) in [7, 11) is 0. The lowest BCUT2D eigenvalue weighted by molar-refractivity contribution is -0.0673. The first-order chi connectivity index (χ1) is 7.32. The third-order valence-electron chi connectivity index (χ3n) is 2.54. The zero-order chi connectivity index (χ0) is 12.0. The van der Waals surface area contributed by atoms with Crippen LogP contribution in [0.1, 0.15) is 19.4 Å². The van der Waals surface area contributed by atoms with Crippen LogP contribution in [-0.2, 0) is 5.92 Å². The van der Waals surface area contributed by atoms with Crippen LogP contribution in [0.5, 0.6) is 11.5 Å². The Morgan fingerprint density at radius 2 is 1.81 bits per heavy atom. The summed E-state index contributed by atoms with van der Waals surface area (Å²) in [5, 5.41) is 0. The average molecular weight is 229 g/mol. The number of nitrogens with two attached hydrogens (primary N) is 1. The molecule has 1 aromatic rings. The molecule has 16 heavy (non-hydrogen) atoms. The SMILES string of the molecule is CC(C)(N)C(F)(F)c1ccc2c(c1)OCO2. The molecule has 1 aliphatic heterocycles. The Hall–Kier alpha value is -1.36. The molecule has 0 aromatic heterocycles. The highest BCUT2D eigenvalue weighted by Crippen LogP contribution is 2.42. The van der Waals surface area contributed by atoms with Gasteiger partial charge in [0.15, 0.2) is 11.5 Å². The van der Waals surface area contributed by atoms with Crippen LogP contribution in [0.15, 0.2) is 18.2 Å². The summed E-state index contributed by atoms with van der Waals surface area (Å²) in [4.78, 5) is 0. The standard InChI is InChI=1S/C11H13F2NO2/c1-10(2,14)11(12,13)7-3-4-8-9(5-7)16-6-15-8/h3-5H,6,14H2,1-2H3. The van der Waals surface area contributed by atoms with E-state index in [0.717, 1.165) is 0 Å². The summed E-state index contributed by atoms with van der Waals surface area (Å²) in [6.07, 6.45) is 0. The third-order valence-corrected chi connectivity index (χ3v) is 2.54. The summed E-state index contributed by atoms with van der Waals surface area (Å²) in [5.41, 5.74) is 3.68. The Labute approximate surface area is 92.1 Å². The van der Waals surface area contributed by atoms with Gasteiger partial charge < -0.3 is 15.2 Å². The first-order valence-corrected chi connectivity index (χ1v) is 4.89. The minimum Gasteiger partial charge on any atom is -0.454 e. The number of benzene rings is 1. The highest BCUT2D eigenvalue weighted by Gasteiger charge is 2.45. The van der Waals surface area contributed by atoms with E-state index in [1.54, 1.807) is 0 Å². The van der Waals surface area contributed by atoms with Gasteiger partial charge in [-0.3, -0.25) is 0 Å². The largest absolute Gasteiger partial charge is 0.454 e.